The number of aromatic nitrogens is 10. The normalized spacial score (nSPS) is 12.7. The summed E-state index contributed by atoms with van der Waals surface area (Å²) in [5, 5.41) is 27.7. The first-order chi connectivity index (χ1) is 11.3. The summed E-state index contributed by atoms with van der Waals surface area (Å²) in [6.45, 7) is 0. The van der Waals surface area contributed by atoms with Crippen molar-refractivity contribution >= 4 is 5.65 Å². The molecule has 23 heavy (non-hydrogen) atoms. The number of nitrogens with one attached hydrogen (secondary N) is 2. The van der Waals surface area contributed by atoms with E-state index in [1.54, 1.807) is 7.11 Å². The zero-order valence-electron chi connectivity index (χ0n) is 12.1. The average molecular weight is 312 g/mol. The molecule has 0 aromatic carbocycles. The van der Waals surface area contributed by atoms with Crippen LogP contribution in [0.3, 0.4) is 0 Å². The minimum atomic E-state index is -0.272. The van der Waals surface area contributed by atoms with E-state index in [1.807, 2.05) is 28.9 Å². The van der Waals surface area contributed by atoms with Crippen molar-refractivity contribution in [3.8, 4) is 11.5 Å². The first-order valence-corrected chi connectivity index (χ1v) is 6.81. The maximum atomic E-state index is 5.43. The van der Waals surface area contributed by atoms with E-state index >= 15 is 0 Å². The summed E-state index contributed by atoms with van der Waals surface area (Å²) in [6, 6.07) is 3.90. The first kappa shape index (κ1) is 13.5. The van der Waals surface area contributed by atoms with Gasteiger partial charge in [0.2, 0.25) is 11.6 Å². The molecule has 116 valence electrons. The highest BCUT2D eigenvalue weighted by Crippen LogP contribution is 2.20. The Labute approximate surface area is 129 Å². The van der Waals surface area contributed by atoms with E-state index in [4.69, 9.17) is 4.74 Å². The summed E-state index contributed by atoms with van der Waals surface area (Å²) in [6.07, 6.45) is 4.16. The highest BCUT2D eigenvalue weighted by Gasteiger charge is 2.17. The molecule has 0 saturated heterocycles. The van der Waals surface area contributed by atoms with Crippen LogP contribution in [0.2, 0.25) is 0 Å². The van der Waals surface area contributed by atoms with E-state index in [0.29, 0.717) is 23.8 Å². The number of imidazole rings is 1. The summed E-state index contributed by atoms with van der Waals surface area (Å²) in [5.41, 5.74) is 2.49. The standard InChI is InChI=1S/C12H12N10O/c1-23-9(12-16-20-21-17-12)4-7-2-3-10-13-8(6-22(10)5-7)11-14-18-19-15-11/h2-3,5-6,9H,4H2,1H3,(H,14,15,18,19)(H,16,17,20,21). The monoisotopic (exact) mass is 312 g/mol. The molecule has 0 amide bonds. The lowest BCUT2D eigenvalue weighted by Crippen LogP contribution is -2.08. The number of fused-ring (bicyclic) bond motifs is 1. The molecule has 4 aromatic heterocycles. The number of hydrogen-bond acceptors (Lipinski definition) is 8. The van der Waals surface area contributed by atoms with E-state index < -0.39 is 0 Å². The Morgan fingerprint density at radius 1 is 1.13 bits per heavy atom. The van der Waals surface area contributed by atoms with Gasteiger partial charge in [0.15, 0.2) is 0 Å². The van der Waals surface area contributed by atoms with Gasteiger partial charge in [0.25, 0.3) is 0 Å². The van der Waals surface area contributed by atoms with Gasteiger partial charge in [-0.3, -0.25) is 0 Å². The van der Waals surface area contributed by atoms with Crippen molar-refractivity contribution in [2.24, 2.45) is 0 Å². The number of H-pyrrole nitrogens is 2. The third-order valence-corrected chi connectivity index (χ3v) is 3.44. The number of hydrogen-bond donors (Lipinski definition) is 2. The third kappa shape index (κ3) is 2.53. The summed E-state index contributed by atoms with van der Waals surface area (Å²) in [4.78, 5) is 4.45. The second-order valence-corrected chi connectivity index (χ2v) is 4.86. The Morgan fingerprint density at radius 3 is 2.74 bits per heavy atom. The van der Waals surface area contributed by atoms with Crippen LogP contribution in [0.25, 0.3) is 17.2 Å². The SMILES string of the molecule is COC(Cc1ccc2nc(-c3nn[nH]n3)cn2c1)c1nn[nH]n1. The van der Waals surface area contributed by atoms with Gasteiger partial charge in [-0.1, -0.05) is 11.3 Å². The number of pyridine rings is 1. The van der Waals surface area contributed by atoms with Gasteiger partial charge in [0, 0.05) is 25.9 Å². The van der Waals surface area contributed by atoms with Crippen molar-refractivity contribution in [1.82, 2.24) is 50.6 Å². The molecule has 11 nitrogen and oxygen atoms in total. The van der Waals surface area contributed by atoms with E-state index in [9.17, 15) is 0 Å². The van der Waals surface area contributed by atoms with Crippen LogP contribution in [0.5, 0.6) is 0 Å². The lowest BCUT2D eigenvalue weighted by Gasteiger charge is -2.11. The lowest BCUT2D eigenvalue weighted by atomic mass is 10.1. The van der Waals surface area contributed by atoms with Gasteiger partial charge in [0.1, 0.15) is 17.4 Å². The van der Waals surface area contributed by atoms with Gasteiger partial charge >= 0.3 is 0 Å². The predicted molar refractivity (Wildman–Crippen MR) is 76.0 cm³/mol. The van der Waals surface area contributed by atoms with Crippen LogP contribution >= 0.6 is 0 Å². The van der Waals surface area contributed by atoms with Crippen LogP contribution in [0.15, 0.2) is 24.5 Å². The second kappa shape index (κ2) is 5.53. The molecule has 0 spiro atoms. The van der Waals surface area contributed by atoms with Gasteiger partial charge in [-0.25, -0.2) is 4.98 Å². The van der Waals surface area contributed by atoms with Crippen LogP contribution in [-0.2, 0) is 11.2 Å². The zero-order valence-corrected chi connectivity index (χ0v) is 12.1. The summed E-state index contributed by atoms with van der Waals surface area (Å²) < 4.78 is 7.34. The van der Waals surface area contributed by atoms with Crippen molar-refractivity contribution < 1.29 is 4.74 Å². The second-order valence-electron chi connectivity index (χ2n) is 4.86. The Balaban J connectivity index is 1.63. The molecule has 0 saturated carbocycles. The van der Waals surface area contributed by atoms with Crippen molar-refractivity contribution in [2.75, 3.05) is 7.11 Å². The number of ether oxygens (including phenoxy) is 1. The topological polar surface area (TPSA) is 135 Å². The molecule has 4 heterocycles. The molecule has 1 unspecified atom stereocenters. The minimum Gasteiger partial charge on any atom is -0.373 e. The van der Waals surface area contributed by atoms with Crippen molar-refractivity contribution in [1.29, 1.82) is 0 Å². The van der Waals surface area contributed by atoms with Crippen LogP contribution in [0, 0.1) is 0 Å². The van der Waals surface area contributed by atoms with Crippen molar-refractivity contribution in [3.05, 3.63) is 35.9 Å². The first-order valence-electron chi connectivity index (χ1n) is 6.81. The Bertz CT molecular complexity index is 897. The predicted octanol–water partition coefficient (Wildman–Crippen LogP) is -0.0423. The molecule has 11 heteroatoms. The van der Waals surface area contributed by atoms with Crippen LogP contribution in [0.4, 0.5) is 0 Å². The van der Waals surface area contributed by atoms with E-state index in [-0.39, 0.29) is 6.10 Å². The largest absolute Gasteiger partial charge is 0.373 e. The fraction of sp³-hybridized carbons (Fsp3) is 0.250. The van der Waals surface area contributed by atoms with Crippen LogP contribution in [-0.4, -0.2) is 57.7 Å². The molecule has 0 radical (unpaired) electrons. The third-order valence-electron chi connectivity index (χ3n) is 3.44. The fourth-order valence-corrected chi connectivity index (χ4v) is 2.34. The van der Waals surface area contributed by atoms with Gasteiger partial charge in [-0.05, 0) is 16.8 Å². The van der Waals surface area contributed by atoms with Crippen LogP contribution < -0.4 is 0 Å². The molecule has 0 aliphatic carbocycles. The fourth-order valence-electron chi connectivity index (χ4n) is 2.34. The molecule has 2 N–H and O–H groups in total. The van der Waals surface area contributed by atoms with Gasteiger partial charge in [0.05, 0.1) is 0 Å². The summed E-state index contributed by atoms with van der Waals surface area (Å²) >= 11 is 0. The quantitative estimate of drug-likeness (QED) is 0.524. The van der Waals surface area contributed by atoms with Crippen LogP contribution in [0.1, 0.15) is 17.5 Å². The van der Waals surface area contributed by atoms with E-state index in [0.717, 1.165) is 11.2 Å². The van der Waals surface area contributed by atoms with E-state index in [1.165, 1.54) is 0 Å². The van der Waals surface area contributed by atoms with Gasteiger partial charge in [-0.15, -0.1) is 20.4 Å². The van der Waals surface area contributed by atoms with E-state index in [2.05, 4.69) is 46.2 Å². The molecule has 4 aromatic rings. The van der Waals surface area contributed by atoms with Crippen molar-refractivity contribution in [3.63, 3.8) is 0 Å². The molecular weight excluding hydrogens is 300 g/mol. The molecule has 0 fully saturated rings. The minimum absolute atomic E-state index is 0.272. The molecule has 0 aliphatic rings. The summed E-state index contributed by atoms with van der Waals surface area (Å²) in [5.74, 6) is 0.975. The van der Waals surface area contributed by atoms with Gasteiger partial charge in [-0.2, -0.15) is 10.4 Å². The molecular formula is C12H12N10O. The highest BCUT2D eigenvalue weighted by atomic mass is 16.5. The smallest absolute Gasteiger partial charge is 0.224 e. The molecule has 1 atom stereocenters. The average Bonchev–Trinajstić information content (AvgIpc) is 3.32. The molecule has 0 aliphatic heterocycles. The number of tetrazole rings is 2. The number of nitrogens with zero attached hydrogens (tertiary/aromatic N) is 8. The number of aromatic amines is 2. The lowest BCUT2D eigenvalue weighted by molar-refractivity contribution is 0.0960. The Kier molecular flexibility index (Phi) is 3.24. The van der Waals surface area contributed by atoms with Gasteiger partial charge < -0.3 is 9.14 Å². The number of rotatable bonds is 5. The Morgan fingerprint density at radius 2 is 2.00 bits per heavy atom. The number of methoxy groups -OCH3 is 1. The highest BCUT2D eigenvalue weighted by molar-refractivity contribution is 5.55. The maximum absolute atomic E-state index is 5.43. The van der Waals surface area contributed by atoms with Crippen molar-refractivity contribution in [2.45, 2.75) is 12.5 Å². The molecule has 4 rings (SSSR count). The Hall–Kier alpha value is -3.21. The molecule has 0 bridgehead atoms. The zero-order chi connectivity index (χ0) is 15.6. The summed E-state index contributed by atoms with van der Waals surface area (Å²) in [7, 11) is 1.62. The maximum Gasteiger partial charge on any atom is 0.224 e.